The fraction of sp³-hybridized carbons (Fsp3) is 0.471. The average Bonchev–Trinajstić information content (AvgIpc) is 2.86. The lowest BCUT2D eigenvalue weighted by Gasteiger charge is -2.04. The number of nitrogen functional groups attached to an aromatic ring is 1. The number of anilines is 1. The van der Waals surface area contributed by atoms with E-state index in [0.717, 1.165) is 29.0 Å². The Balaban J connectivity index is 0.000000505. The maximum Gasteiger partial charge on any atom is 0.436 e. The number of aryl methyl sites for hydroxylation is 2. The van der Waals surface area contributed by atoms with Gasteiger partial charge in [-0.15, -0.1) is 4.68 Å². The van der Waals surface area contributed by atoms with Gasteiger partial charge in [-0.3, -0.25) is 0 Å². The van der Waals surface area contributed by atoms with Crippen LogP contribution in [0.2, 0.25) is 0 Å². The number of carbonyl (C=O) groups is 1. The summed E-state index contributed by atoms with van der Waals surface area (Å²) in [7, 11) is 0. The van der Waals surface area contributed by atoms with Gasteiger partial charge in [-0.05, 0) is 51.8 Å². The molecule has 0 saturated carbocycles. The van der Waals surface area contributed by atoms with Gasteiger partial charge in [0.2, 0.25) is 0 Å². The standard InChI is InChI=1S/C13H14N4O2.C4H10O/c1-4-19-13(18)17-12(15)11-8(3)9(6-14)7(2)5-10(11)16-17;1-3-5-4-2/h5H,4,15H2,1-3H3;3-4H2,1-2H3. The predicted octanol–water partition coefficient (Wildman–Crippen LogP) is 3.15. The molecule has 1 heterocycles. The molecule has 7 nitrogen and oxygen atoms in total. The van der Waals surface area contributed by atoms with Gasteiger partial charge in [-0.1, -0.05) is 0 Å². The normalized spacial score (nSPS) is 10.0. The van der Waals surface area contributed by atoms with E-state index < -0.39 is 6.09 Å². The lowest BCUT2D eigenvalue weighted by atomic mass is 10.00. The van der Waals surface area contributed by atoms with Crippen molar-refractivity contribution in [1.82, 2.24) is 9.78 Å². The number of hydrogen-bond donors (Lipinski definition) is 1. The molecule has 2 rings (SSSR count). The minimum absolute atomic E-state index is 0.197. The number of nitrogens with zero attached hydrogens (tertiary/aromatic N) is 3. The van der Waals surface area contributed by atoms with Crippen LogP contribution >= 0.6 is 0 Å². The summed E-state index contributed by atoms with van der Waals surface area (Å²) in [5, 5.41) is 13.9. The van der Waals surface area contributed by atoms with Crippen LogP contribution in [0.15, 0.2) is 6.07 Å². The van der Waals surface area contributed by atoms with E-state index >= 15 is 0 Å². The first-order valence-electron chi connectivity index (χ1n) is 7.86. The number of nitriles is 1. The maximum absolute atomic E-state index is 11.7. The van der Waals surface area contributed by atoms with Crippen molar-refractivity contribution in [3.05, 3.63) is 22.8 Å². The van der Waals surface area contributed by atoms with E-state index in [1.54, 1.807) is 19.9 Å². The molecule has 7 heteroatoms. The largest absolute Gasteiger partial charge is 0.448 e. The zero-order valence-corrected chi connectivity index (χ0v) is 14.8. The first kappa shape index (κ1) is 19.5. The van der Waals surface area contributed by atoms with Gasteiger partial charge < -0.3 is 15.2 Å². The Morgan fingerprint density at radius 3 is 2.38 bits per heavy atom. The van der Waals surface area contributed by atoms with E-state index in [2.05, 4.69) is 11.2 Å². The van der Waals surface area contributed by atoms with Crippen molar-refractivity contribution in [2.45, 2.75) is 34.6 Å². The molecule has 2 aromatic rings. The van der Waals surface area contributed by atoms with Gasteiger partial charge in [0.25, 0.3) is 0 Å². The number of rotatable bonds is 3. The molecule has 0 aliphatic heterocycles. The fourth-order valence-electron chi connectivity index (χ4n) is 2.33. The minimum atomic E-state index is -0.619. The minimum Gasteiger partial charge on any atom is -0.448 e. The van der Waals surface area contributed by atoms with Crippen LogP contribution in [0, 0.1) is 25.2 Å². The second kappa shape index (κ2) is 8.89. The summed E-state index contributed by atoms with van der Waals surface area (Å²) in [4.78, 5) is 11.7. The van der Waals surface area contributed by atoms with Crippen LogP contribution in [0.4, 0.5) is 10.6 Å². The first-order chi connectivity index (χ1) is 11.4. The zero-order valence-electron chi connectivity index (χ0n) is 14.8. The highest BCUT2D eigenvalue weighted by Gasteiger charge is 2.19. The molecule has 24 heavy (non-hydrogen) atoms. The van der Waals surface area contributed by atoms with E-state index in [0.29, 0.717) is 16.5 Å². The van der Waals surface area contributed by atoms with Crippen LogP contribution in [-0.2, 0) is 9.47 Å². The van der Waals surface area contributed by atoms with Gasteiger partial charge in [-0.25, -0.2) is 4.79 Å². The summed E-state index contributed by atoms with van der Waals surface area (Å²) in [6.45, 7) is 11.2. The molecule has 0 aliphatic rings. The summed E-state index contributed by atoms with van der Waals surface area (Å²) >= 11 is 0. The Hall–Kier alpha value is -2.59. The SMILES string of the molecule is CCOC(=O)n1nc2cc(C)c(C#N)c(C)c2c1N.CCOCC. The lowest BCUT2D eigenvalue weighted by molar-refractivity contribution is 0.151. The number of benzene rings is 1. The van der Waals surface area contributed by atoms with Crippen molar-refractivity contribution < 1.29 is 14.3 Å². The van der Waals surface area contributed by atoms with Gasteiger partial charge in [-0.2, -0.15) is 10.4 Å². The molecular formula is C17H24N4O3. The Bertz CT molecular complexity index is 758. The molecule has 1 aromatic heterocycles. The topological polar surface area (TPSA) is 103 Å². The van der Waals surface area contributed by atoms with E-state index in [-0.39, 0.29) is 12.4 Å². The van der Waals surface area contributed by atoms with Crippen molar-refractivity contribution in [3.8, 4) is 6.07 Å². The summed E-state index contributed by atoms with van der Waals surface area (Å²) in [6, 6.07) is 3.88. The Morgan fingerprint density at radius 2 is 1.92 bits per heavy atom. The second-order valence-electron chi connectivity index (χ2n) is 4.98. The molecule has 0 saturated heterocycles. The van der Waals surface area contributed by atoms with E-state index in [1.807, 2.05) is 20.8 Å². The van der Waals surface area contributed by atoms with Crippen LogP contribution in [0.25, 0.3) is 10.9 Å². The molecule has 0 amide bonds. The lowest BCUT2D eigenvalue weighted by Crippen LogP contribution is -2.17. The van der Waals surface area contributed by atoms with Gasteiger partial charge >= 0.3 is 6.09 Å². The first-order valence-corrected chi connectivity index (χ1v) is 7.86. The highest BCUT2D eigenvalue weighted by atomic mass is 16.6. The second-order valence-corrected chi connectivity index (χ2v) is 4.98. The molecular weight excluding hydrogens is 308 g/mol. The van der Waals surface area contributed by atoms with Crippen molar-refractivity contribution in [3.63, 3.8) is 0 Å². The van der Waals surface area contributed by atoms with Crippen LogP contribution < -0.4 is 5.73 Å². The van der Waals surface area contributed by atoms with Crippen molar-refractivity contribution in [2.24, 2.45) is 0 Å². The Morgan fingerprint density at radius 1 is 1.29 bits per heavy atom. The Kier molecular flexibility index (Phi) is 7.21. The molecule has 0 atom stereocenters. The number of fused-ring (bicyclic) bond motifs is 1. The van der Waals surface area contributed by atoms with Crippen molar-refractivity contribution >= 4 is 22.8 Å². The zero-order chi connectivity index (χ0) is 18.3. The van der Waals surface area contributed by atoms with Crippen LogP contribution in [0.5, 0.6) is 0 Å². The summed E-state index contributed by atoms with van der Waals surface area (Å²) in [5.41, 5.74) is 8.61. The van der Waals surface area contributed by atoms with Crippen LogP contribution in [-0.4, -0.2) is 35.7 Å². The van der Waals surface area contributed by atoms with E-state index in [4.69, 9.17) is 20.5 Å². The molecule has 0 unspecified atom stereocenters. The molecule has 0 spiro atoms. The van der Waals surface area contributed by atoms with Crippen molar-refractivity contribution in [2.75, 3.05) is 25.6 Å². The third kappa shape index (κ3) is 4.03. The summed E-state index contributed by atoms with van der Waals surface area (Å²) in [6.07, 6.45) is -0.619. The summed E-state index contributed by atoms with van der Waals surface area (Å²) in [5.74, 6) is 0.197. The van der Waals surface area contributed by atoms with E-state index in [9.17, 15) is 4.79 Å². The number of carbonyl (C=O) groups excluding carboxylic acids is 1. The number of nitrogens with two attached hydrogens (primary N) is 1. The van der Waals surface area contributed by atoms with Crippen LogP contribution in [0.1, 0.15) is 37.5 Å². The van der Waals surface area contributed by atoms with Crippen molar-refractivity contribution in [1.29, 1.82) is 5.26 Å². The fourth-order valence-corrected chi connectivity index (χ4v) is 2.33. The number of hydrogen-bond acceptors (Lipinski definition) is 6. The molecule has 0 radical (unpaired) electrons. The molecule has 2 N–H and O–H groups in total. The number of ether oxygens (including phenoxy) is 2. The molecule has 0 aliphatic carbocycles. The number of aromatic nitrogens is 2. The average molecular weight is 332 g/mol. The molecule has 1 aromatic carbocycles. The van der Waals surface area contributed by atoms with Crippen LogP contribution in [0.3, 0.4) is 0 Å². The quantitative estimate of drug-likeness (QED) is 0.926. The van der Waals surface area contributed by atoms with Gasteiger partial charge in [0.05, 0.1) is 23.8 Å². The van der Waals surface area contributed by atoms with Gasteiger partial charge in [0.1, 0.15) is 5.82 Å². The maximum atomic E-state index is 11.7. The monoisotopic (exact) mass is 332 g/mol. The highest BCUT2D eigenvalue weighted by molar-refractivity contribution is 5.97. The predicted molar refractivity (Wildman–Crippen MR) is 92.9 cm³/mol. The van der Waals surface area contributed by atoms with Gasteiger partial charge in [0, 0.05) is 18.6 Å². The third-order valence-electron chi connectivity index (χ3n) is 3.41. The summed E-state index contributed by atoms with van der Waals surface area (Å²) < 4.78 is 10.7. The van der Waals surface area contributed by atoms with E-state index in [1.165, 1.54) is 0 Å². The van der Waals surface area contributed by atoms with Gasteiger partial charge in [0.15, 0.2) is 0 Å². The molecule has 0 fully saturated rings. The highest BCUT2D eigenvalue weighted by Crippen LogP contribution is 2.29. The Labute approximate surface area is 141 Å². The molecule has 0 bridgehead atoms. The smallest absolute Gasteiger partial charge is 0.436 e. The molecule has 130 valence electrons. The third-order valence-corrected chi connectivity index (χ3v) is 3.41.